The lowest BCUT2D eigenvalue weighted by Crippen LogP contribution is -2.30. The summed E-state index contributed by atoms with van der Waals surface area (Å²) in [6, 6.07) is 4.12. The number of anilines is 2. The Morgan fingerprint density at radius 1 is 0.875 bits per heavy atom. The molecule has 4 heterocycles. The first-order valence-corrected chi connectivity index (χ1v) is 9.25. The van der Waals surface area contributed by atoms with Gasteiger partial charge in [-0.1, -0.05) is 30.0 Å². The number of pyridine rings is 2. The number of hydrogen-bond acceptors (Lipinski definition) is 5. The standard InChI is InChI=1S/C19H20N4S/c1-2-10-22(11-3-1)12-4-5-13-23-16-6-8-21-15-19(16)24-18-7-9-20-14-17(18)23/h6-9,14-15H,1-3,10-13H2. The van der Waals surface area contributed by atoms with Gasteiger partial charge >= 0.3 is 0 Å². The van der Waals surface area contributed by atoms with Crippen LogP contribution in [0.5, 0.6) is 0 Å². The average molecular weight is 336 g/mol. The van der Waals surface area contributed by atoms with Crippen LogP contribution < -0.4 is 4.90 Å². The zero-order valence-corrected chi connectivity index (χ0v) is 14.4. The highest BCUT2D eigenvalue weighted by Crippen LogP contribution is 2.46. The molecule has 5 heteroatoms. The first-order valence-electron chi connectivity index (χ1n) is 8.43. The molecule has 2 aliphatic rings. The van der Waals surface area contributed by atoms with Crippen LogP contribution in [0.25, 0.3) is 0 Å². The van der Waals surface area contributed by atoms with Crippen molar-refractivity contribution in [1.82, 2.24) is 14.9 Å². The van der Waals surface area contributed by atoms with Crippen LogP contribution in [0.1, 0.15) is 19.3 Å². The number of nitrogens with zero attached hydrogens (tertiary/aromatic N) is 4. The summed E-state index contributed by atoms with van der Waals surface area (Å²) in [5.41, 5.74) is 2.30. The Morgan fingerprint density at radius 3 is 2.58 bits per heavy atom. The Hall–Kier alpha value is -2.03. The fraction of sp³-hybridized carbons (Fsp3) is 0.368. The number of rotatable bonds is 2. The molecule has 1 fully saturated rings. The summed E-state index contributed by atoms with van der Waals surface area (Å²) in [6.07, 6.45) is 11.5. The Labute approximate surface area is 147 Å². The highest BCUT2D eigenvalue weighted by molar-refractivity contribution is 7.99. The van der Waals surface area contributed by atoms with Gasteiger partial charge in [0.2, 0.25) is 0 Å². The van der Waals surface area contributed by atoms with Crippen molar-refractivity contribution in [3.63, 3.8) is 0 Å². The smallest absolute Gasteiger partial charge is 0.0845 e. The summed E-state index contributed by atoms with van der Waals surface area (Å²) in [7, 11) is 0. The van der Waals surface area contributed by atoms with Gasteiger partial charge in [0.1, 0.15) is 0 Å². The van der Waals surface area contributed by atoms with Gasteiger partial charge in [-0.15, -0.1) is 0 Å². The van der Waals surface area contributed by atoms with Crippen molar-refractivity contribution in [3.05, 3.63) is 36.9 Å². The number of piperidine rings is 1. The Kier molecular flexibility index (Phi) is 4.68. The monoisotopic (exact) mass is 336 g/mol. The SMILES string of the molecule is C(#CCN1c2ccncc2Sc2ccncc21)CN1CCCCC1. The van der Waals surface area contributed by atoms with Gasteiger partial charge in [0.05, 0.1) is 35.6 Å². The van der Waals surface area contributed by atoms with Gasteiger partial charge in [0, 0.05) is 23.5 Å². The van der Waals surface area contributed by atoms with Gasteiger partial charge in [-0.05, 0) is 38.1 Å². The molecule has 2 aliphatic heterocycles. The van der Waals surface area contributed by atoms with E-state index in [0.717, 1.165) is 12.2 Å². The van der Waals surface area contributed by atoms with Crippen molar-refractivity contribution in [2.75, 3.05) is 31.1 Å². The molecule has 0 saturated carbocycles. The Morgan fingerprint density at radius 2 is 1.67 bits per heavy atom. The van der Waals surface area contributed by atoms with Crippen molar-refractivity contribution >= 4 is 23.1 Å². The maximum absolute atomic E-state index is 4.30. The third kappa shape index (κ3) is 3.26. The topological polar surface area (TPSA) is 32.3 Å². The van der Waals surface area contributed by atoms with Gasteiger partial charge in [-0.2, -0.15) is 0 Å². The Balaban J connectivity index is 1.52. The molecule has 1 saturated heterocycles. The predicted molar refractivity (Wildman–Crippen MR) is 97.7 cm³/mol. The molecule has 0 radical (unpaired) electrons. The highest BCUT2D eigenvalue weighted by atomic mass is 32.2. The lowest BCUT2D eigenvalue weighted by atomic mass is 10.1. The molecule has 0 N–H and O–H groups in total. The van der Waals surface area contributed by atoms with E-state index in [0.29, 0.717) is 6.54 Å². The molecule has 122 valence electrons. The van der Waals surface area contributed by atoms with E-state index in [-0.39, 0.29) is 0 Å². The van der Waals surface area contributed by atoms with E-state index in [9.17, 15) is 0 Å². The fourth-order valence-corrected chi connectivity index (χ4v) is 4.21. The predicted octanol–water partition coefficient (Wildman–Crippen LogP) is 3.57. The second kappa shape index (κ2) is 7.25. The highest BCUT2D eigenvalue weighted by Gasteiger charge is 2.22. The molecule has 0 spiro atoms. The summed E-state index contributed by atoms with van der Waals surface area (Å²) in [4.78, 5) is 15.6. The molecule has 2 aromatic heterocycles. The van der Waals surface area contributed by atoms with E-state index in [4.69, 9.17) is 0 Å². The molecule has 4 nitrogen and oxygen atoms in total. The lowest BCUT2D eigenvalue weighted by molar-refractivity contribution is 0.255. The molecular formula is C19H20N4S. The van der Waals surface area contributed by atoms with Crippen LogP contribution in [0.2, 0.25) is 0 Å². The molecular weight excluding hydrogens is 316 g/mol. The molecule has 0 bridgehead atoms. The van der Waals surface area contributed by atoms with Crippen LogP contribution in [0.3, 0.4) is 0 Å². The normalized spacial score (nSPS) is 16.8. The summed E-state index contributed by atoms with van der Waals surface area (Å²) >= 11 is 1.75. The summed E-state index contributed by atoms with van der Waals surface area (Å²) in [5.74, 6) is 6.72. The van der Waals surface area contributed by atoms with Gasteiger partial charge in [0.15, 0.2) is 0 Å². The van der Waals surface area contributed by atoms with Gasteiger partial charge in [-0.25, -0.2) is 0 Å². The van der Waals surface area contributed by atoms with Crippen molar-refractivity contribution < 1.29 is 0 Å². The molecule has 0 aliphatic carbocycles. The zero-order valence-electron chi connectivity index (χ0n) is 13.6. The van der Waals surface area contributed by atoms with Gasteiger partial charge in [0.25, 0.3) is 0 Å². The Bertz CT molecular complexity index is 729. The van der Waals surface area contributed by atoms with E-state index < -0.39 is 0 Å². The minimum absolute atomic E-state index is 0.685. The number of aromatic nitrogens is 2. The minimum atomic E-state index is 0.685. The first-order chi connectivity index (χ1) is 11.9. The maximum Gasteiger partial charge on any atom is 0.0845 e. The van der Waals surface area contributed by atoms with Crippen molar-refractivity contribution in [3.8, 4) is 11.8 Å². The average Bonchev–Trinajstić information content (AvgIpc) is 2.65. The van der Waals surface area contributed by atoms with Crippen LogP contribution >= 0.6 is 11.8 Å². The summed E-state index contributed by atoms with van der Waals surface area (Å²) in [5, 5.41) is 0. The largest absolute Gasteiger partial charge is 0.326 e. The molecule has 24 heavy (non-hydrogen) atoms. The zero-order chi connectivity index (χ0) is 16.2. The van der Waals surface area contributed by atoms with E-state index in [1.807, 2.05) is 24.8 Å². The maximum atomic E-state index is 4.30. The molecule has 2 aromatic rings. The molecule has 0 amide bonds. The van der Waals surface area contributed by atoms with Crippen molar-refractivity contribution in [2.24, 2.45) is 0 Å². The van der Waals surface area contributed by atoms with E-state index in [2.05, 4.69) is 43.7 Å². The summed E-state index contributed by atoms with van der Waals surface area (Å²) < 4.78 is 0. The second-order valence-corrected chi connectivity index (χ2v) is 7.15. The van der Waals surface area contributed by atoms with Gasteiger partial charge < -0.3 is 4.90 Å². The lowest BCUT2D eigenvalue weighted by Gasteiger charge is -2.30. The van der Waals surface area contributed by atoms with E-state index in [1.54, 1.807) is 11.8 Å². The van der Waals surface area contributed by atoms with Crippen LogP contribution in [-0.2, 0) is 0 Å². The summed E-state index contributed by atoms with van der Waals surface area (Å²) in [6.45, 7) is 3.95. The quantitative estimate of drug-likeness (QED) is 0.783. The minimum Gasteiger partial charge on any atom is -0.326 e. The number of fused-ring (bicyclic) bond motifs is 2. The number of likely N-dealkylation sites (tertiary alicyclic amines) is 1. The van der Waals surface area contributed by atoms with Crippen molar-refractivity contribution in [1.29, 1.82) is 0 Å². The molecule has 4 rings (SSSR count). The third-order valence-corrected chi connectivity index (χ3v) is 5.54. The van der Waals surface area contributed by atoms with Crippen LogP contribution in [0.15, 0.2) is 46.7 Å². The van der Waals surface area contributed by atoms with Crippen LogP contribution in [-0.4, -0.2) is 41.0 Å². The number of hydrogen-bond donors (Lipinski definition) is 0. The second-order valence-electron chi connectivity index (χ2n) is 6.07. The van der Waals surface area contributed by atoms with Crippen molar-refractivity contribution in [2.45, 2.75) is 29.1 Å². The molecule has 0 unspecified atom stereocenters. The first kappa shape index (κ1) is 15.5. The molecule has 0 aromatic carbocycles. The third-order valence-electron chi connectivity index (χ3n) is 4.44. The van der Waals surface area contributed by atoms with Crippen LogP contribution in [0, 0.1) is 11.8 Å². The van der Waals surface area contributed by atoms with E-state index in [1.165, 1.54) is 47.8 Å². The van der Waals surface area contributed by atoms with Gasteiger partial charge in [-0.3, -0.25) is 14.9 Å². The fourth-order valence-electron chi connectivity index (χ4n) is 3.18. The molecule has 0 atom stereocenters. The van der Waals surface area contributed by atoms with E-state index >= 15 is 0 Å². The van der Waals surface area contributed by atoms with Crippen LogP contribution in [0.4, 0.5) is 11.4 Å².